The lowest BCUT2D eigenvalue weighted by molar-refractivity contribution is -0.142. The number of hydrogen-bond acceptors (Lipinski definition) is 7. The van der Waals surface area contributed by atoms with Gasteiger partial charge in [-0.25, -0.2) is 9.59 Å². The monoisotopic (exact) mass is 818 g/mol. The van der Waals surface area contributed by atoms with Crippen LogP contribution in [0.3, 0.4) is 0 Å². The van der Waals surface area contributed by atoms with Crippen LogP contribution in [-0.2, 0) is 35.6 Å². The minimum atomic E-state index is -1.25. The van der Waals surface area contributed by atoms with Crippen molar-refractivity contribution in [2.45, 2.75) is 64.1 Å². The van der Waals surface area contributed by atoms with Gasteiger partial charge in [-0.15, -0.1) is 0 Å². The second-order valence-corrected chi connectivity index (χ2v) is 15.3. The molecule has 3 N–H and O–H groups in total. The standard InChI is InChI=1S/C45H40Cl2N4O7/c1-26(2)49-45(55)51-23-34-21-41-40(57-25-42(58-41)32-12-14-35(15-13-32)56-24-29-7-16-36(46)37(47)17-29)20-33(34)19-39(51)43(52)50-38(44(53)54)18-27-3-8-30(9-4-27)31-10-5-28(22-48)6-11-31/h3-17,20-21,26,38-39,42H,18-19,23-25H2,1-2H3,(H,49,55)(H,50,52)(H,53,54)/t38-,39-,42+/m0/s1. The van der Waals surface area contributed by atoms with Crippen LogP contribution < -0.4 is 24.8 Å². The number of halogens is 2. The molecule has 0 saturated carbocycles. The molecule has 0 fully saturated rings. The third kappa shape index (κ3) is 9.31. The van der Waals surface area contributed by atoms with Crippen LogP contribution in [0.5, 0.6) is 17.2 Å². The second-order valence-electron chi connectivity index (χ2n) is 14.5. The van der Waals surface area contributed by atoms with Gasteiger partial charge >= 0.3 is 12.0 Å². The Morgan fingerprint density at radius 1 is 0.862 bits per heavy atom. The smallest absolute Gasteiger partial charge is 0.326 e. The third-order valence-corrected chi connectivity index (χ3v) is 10.8. The van der Waals surface area contributed by atoms with Crippen molar-refractivity contribution < 1.29 is 33.7 Å². The molecule has 2 aliphatic heterocycles. The highest BCUT2D eigenvalue weighted by Gasteiger charge is 2.38. The molecule has 0 spiro atoms. The molecule has 7 rings (SSSR count). The normalized spacial score (nSPS) is 16.1. The SMILES string of the molecule is CC(C)NC(=O)N1Cc2cc3c(cc2C[C@H]1C(=O)N[C@@H](Cc1ccc(-c2ccc(C#N)cc2)cc1)C(=O)O)OC[C@H](c1ccc(OCc2ccc(Cl)c(Cl)c2)cc1)O3. The van der Waals surface area contributed by atoms with Gasteiger partial charge in [0.1, 0.15) is 31.0 Å². The number of rotatable bonds is 11. The van der Waals surface area contributed by atoms with Gasteiger partial charge in [0.25, 0.3) is 0 Å². The third-order valence-electron chi connectivity index (χ3n) is 10.0. The van der Waals surface area contributed by atoms with Crippen LogP contribution in [0.15, 0.2) is 103 Å². The molecule has 5 aromatic rings. The Morgan fingerprint density at radius 3 is 2.19 bits per heavy atom. The van der Waals surface area contributed by atoms with Crippen LogP contribution in [0.2, 0.25) is 10.0 Å². The Balaban J connectivity index is 1.03. The lowest BCUT2D eigenvalue weighted by atomic mass is 9.92. The fourth-order valence-electron chi connectivity index (χ4n) is 6.94. The summed E-state index contributed by atoms with van der Waals surface area (Å²) in [5.74, 6) is -0.0743. The number of hydrogen-bond donors (Lipinski definition) is 3. The van der Waals surface area contributed by atoms with Crippen molar-refractivity contribution in [3.05, 3.63) is 147 Å². The number of carbonyl (C=O) groups excluding carboxylic acids is 2. The zero-order valence-electron chi connectivity index (χ0n) is 31.7. The van der Waals surface area contributed by atoms with Gasteiger partial charge in [-0.2, -0.15) is 5.26 Å². The average molecular weight is 820 g/mol. The maximum Gasteiger partial charge on any atom is 0.326 e. The highest BCUT2D eigenvalue weighted by Crippen LogP contribution is 2.41. The van der Waals surface area contributed by atoms with E-state index in [2.05, 4.69) is 16.7 Å². The predicted molar refractivity (Wildman–Crippen MR) is 219 cm³/mol. The zero-order chi connectivity index (χ0) is 40.9. The van der Waals surface area contributed by atoms with Crippen molar-refractivity contribution in [1.82, 2.24) is 15.5 Å². The number of nitrogens with one attached hydrogen (secondary N) is 2. The number of benzene rings is 5. The number of amides is 3. The highest BCUT2D eigenvalue weighted by molar-refractivity contribution is 6.42. The summed E-state index contributed by atoms with van der Waals surface area (Å²) in [5, 5.41) is 25.8. The molecule has 3 amide bonds. The molecule has 5 aromatic carbocycles. The number of carboxylic acids is 1. The van der Waals surface area contributed by atoms with Crippen LogP contribution in [0.1, 0.15) is 53.3 Å². The van der Waals surface area contributed by atoms with E-state index in [0.717, 1.165) is 33.4 Å². The maximum atomic E-state index is 14.0. The molecule has 0 radical (unpaired) electrons. The van der Waals surface area contributed by atoms with Gasteiger partial charge in [-0.05, 0) is 101 Å². The Kier molecular flexibility index (Phi) is 12.1. The topological polar surface area (TPSA) is 150 Å². The molecule has 0 bridgehead atoms. The minimum absolute atomic E-state index is 0.0323. The van der Waals surface area contributed by atoms with Gasteiger partial charge in [-0.3, -0.25) is 4.79 Å². The predicted octanol–water partition coefficient (Wildman–Crippen LogP) is 8.28. The van der Waals surface area contributed by atoms with E-state index in [0.29, 0.717) is 45.0 Å². The van der Waals surface area contributed by atoms with Gasteiger partial charge < -0.3 is 34.9 Å². The van der Waals surface area contributed by atoms with E-state index >= 15 is 0 Å². The summed E-state index contributed by atoms with van der Waals surface area (Å²) < 4.78 is 18.5. The van der Waals surface area contributed by atoms with Crippen LogP contribution in [0, 0.1) is 11.3 Å². The average Bonchev–Trinajstić information content (AvgIpc) is 3.22. The van der Waals surface area contributed by atoms with Gasteiger partial charge in [0, 0.05) is 25.4 Å². The maximum absolute atomic E-state index is 14.0. The van der Waals surface area contributed by atoms with E-state index in [-0.39, 0.29) is 32.0 Å². The fourth-order valence-corrected chi connectivity index (χ4v) is 7.26. The second kappa shape index (κ2) is 17.5. The fraction of sp³-hybridized carbons (Fsp3) is 0.244. The summed E-state index contributed by atoms with van der Waals surface area (Å²) in [5.41, 5.74) is 6.44. The number of nitrogens with zero attached hydrogens (tertiary/aromatic N) is 2. The van der Waals surface area contributed by atoms with Gasteiger partial charge in [0.15, 0.2) is 17.6 Å². The summed E-state index contributed by atoms with van der Waals surface area (Å²) in [4.78, 5) is 41.4. The summed E-state index contributed by atoms with van der Waals surface area (Å²) in [6.45, 7) is 4.31. The Labute approximate surface area is 346 Å². The van der Waals surface area contributed by atoms with Crippen LogP contribution in [-0.4, -0.2) is 52.6 Å². The first-order valence-electron chi connectivity index (χ1n) is 18.8. The number of urea groups is 1. The molecule has 0 aromatic heterocycles. The number of ether oxygens (including phenoxy) is 3. The number of fused-ring (bicyclic) bond motifs is 2. The van der Waals surface area contributed by atoms with Crippen molar-refractivity contribution >= 4 is 41.1 Å². The number of carbonyl (C=O) groups is 3. The molecule has 0 aliphatic carbocycles. The van der Waals surface area contributed by atoms with Crippen LogP contribution >= 0.6 is 23.2 Å². The molecule has 13 heteroatoms. The Morgan fingerprint density at radius 2 is 1.53 bits per heavy atom. The quantitative estimate of drug-likeness (QED) is 0.121. The Bertz CT molecular complexity index is 2360. The van der Waals surface area contributed by atoms with E-state index < -0.39 is 36.1 Å². The van der Waals surface area contributed by atoms with Crippen molar-refractivity contribution in [2.75, 3.05) is 6.61 Å². The summed E-state index contributed by atoms with van der Waals surface area (Å²) in [6, 6.07) is 30.4. The molecular formula is C45H40Cl2N4O7. The highest BCUT2D eigenvalue weighted by atomic mass is 35.5. The first-order chi connectivity index (χ1) is 27.9. The summed E-state index contributed by atoms with van der Waals surface area (Å²) in [6.07, 6.45) is -0.232. The first-order valence-corrected chi connectivity index (χ1v) is 19.5. The van der Waals surface area contributed by atoms with Crippen molar-refractivity contribution in [1.29, 1.82) is 5.26 Å². The molecule has 0 saturated heterocycles. The van der Waals surface area contributed by atoms with E-state index in [1.165, 1.54) is 4.90 Å². The molecule has 2 heterocycles. The molecule has 58 heavy (non-hydrogen) atoms. The summed E-state index contributed by atoms with van der Waals surface area (Å²) >= 11 is 12.2. The summed E-state index contributed by atoms with van der Waals surface area (Å²) in [7, 11) is 0. The van der Waals surface area contributed by atoms with E-state index in [1.54, 1.807) is 24.3 Å². The van der Waals surface area contributed by atoms with Gasteiger partial charge in [0.2, 0.25) is 5.91 Å². The van der Waals surface area contributed by atoms with E-state index in [4.69, 9.17) is 42.7 Å². The van der Waals surface area contributed by atoms with E-state index in [1.807, 2.05) is 92.7 Å². The zero-order valence-corrected chi connectivity index (χ0v) is 33.2. The Hall–Kier alpha value is -6.22. The molecular weight excluding hydrogens is 779 g/mol. The molecule has 0 unspecified atom stereocenters. The van der Waals surface area contributed by atoms with Crippen molar-refractivity contribution in [3.8, 4) is 34.4 Å². The minimum Gasteiger partial charge on any atom is -0.489 e. The molecule has 2 aliphatic rings. The van der Waals surface area contributed by atoms with Crippen LogP contribution in [0.25, 0.3) is 11.1 Å². The molecule has 11 nitrogen and oxygen atoms in total. The van der Waals surface area contributed by atoms with Gasteiger partial charge in [0.05, 0.1) is 21.7 Å². The van der Waals surface area contributed by atoms with E-state index in [9.17, 15) is 19.5 Å². The largest absolute Gasteiger partial charge is 0.489 e. The van der Waals surface area contributed by atoms with Crippen molar-refractivity contribution in [3.63, 3.8) is 0 Å². The van der Waals surface area contributed by atoms with Crippen molar-refractivity contribution in [2.24, 2.45) is 0 Å². The number of carboxylic acid groups (broad SMARTS) is 1. The van der Waals surface area contributed by atoms with Crippen LogP contribution in [0.4, 0.5) is 4.79 Å². The lowest BCUT2D eigenvalue weighted by Crippen LogP contribution is -2.58. The molecule has 296 valence electrons. The lowest BCUT2D eigenvalue weighted by Gasteiger charge is -2.38. The first kappa shape index (κ1) is 40.0. The molecule has 3 atom stereocenters. The van der Waals surface area contributed by atoms with Gasteiger partial charge in [-0.1, -0.05) is 77.8 Å². The number of aliphatic carboxylic acids is 1. The number of nitriles is 1.